The van der Waals surface area contributed by atoms with Gasteiger partial charge in [-0.1, -0.05) is 23.2 Å². The van der Waals surface area contributed by atoms with Gasteiger partial charge in [-0.25, -0.2) is 22.8 Å². The first-order valence-corrected chi connectivity index (χ1v) is 7.70. The first kappa shape index (κ1) is 15.7. The Balaban J connectivity index is 2.51. The molecule has 0 amide bonds. The number of anilines is 2. The van der Waals surface area contributed by atoms with Crippen molar-refractivity contribution in [3.8, 4) is 0 Å². The summed E-state index contributed by atoms with van der Waals surface area (Å²) in [6.07, 6.45) is 1.06. The van der Waals surface area contributed by atoms with E-state index >= 15 is 0 Å². The topological polar surface area (TPSA) is 98.0 Å². The number of hydrogen-bond donors (Lipinski definition) is 2. The summed E-state index contributed by atoms with van der Waals surface area (Å²) >= 11 is 11.5. The van der Waals surface area contributed by atoms with Crippen molar-refractivity contribution in [1.82, 2.24) is 9.97 Å². The average molecular weight is 351 g/mol. The minimum atomic E-state index is -4.28. The Bertz CT molecular complexity index is 794. The third kappa shape index (κ3) is 3.17. The van der Waals surface area contributed by atoms with E-state index in [0.29, 0.717) is 5.56 Å². The van der Waals surface area contributed by atoms with Gasteiger partial charge in [0, 0.05) is 5.69 Å². The van der Waals surface area contributed by atoms with E-state index in [9.17, 15) is 12.8 Å². The fourth-order valence-electron chi connectivity index (χ4n) is 1.49. The molecule has 0 radical (unpaired) electrons. The van der Waals surface area contributed by atoms with E-state index in [-0.39, 0.29) is 21.7 Å². The Morgan fingerprint density at radius 3 is 2.38 bits per heavy atom. The maximum atomic E-state index is 13.9. The second-order valence-corrected chi connectivity index (χ2v) is 6.44. The second kappa shape index (κ2) is 5.63. The highest BCUT2D eigenvalue weighted by Crippen LogP contribution is 2.30. The molecule has 1 heterocycles. The summed E-state index contributed by atoms with van der Waals surface area (Å²) in [5.74, 6) is -0.946. The third-order valence-corrected chi connectivity index (χ3v) is 4.54. The lowest BCUT2D eigenvalue weighted by Gasteiger charge is -2.12. The number of halogens is 3. The lowest BCUT2D eigenvalue weighted by atomic mass is 10.2. The highest BCUT2D eigenvalue weighted by atomic mass is 35.5. The van der Waals surface area contributed by atoms with Crippen LogP contribution in [0.25, 0.3) is 0 Å². The SMILES string of the molecule is Cc1cc(F)c(S(=O)(=O)Nc2c(Cl)ncnc2Cl)cc1N. The van der Waals surface area contributed by atoms with Crippen molar-refractivity contribution in [2.45, 2.75) is 11.8 Å². The first-order chi connectivity index (χ1) is 9.72. The van der Waals surface area contributed by atoms with Gasteiger partial charge < -0.3 is 5.73 Å². The third-order valence-electron chi connectivity index (χ3n) is 2.60. The zero-order valence-corrected chi connectivity index (χ0v) is 12.9. The Hall–Kier alpha value is -1.64. The number of sulfonamides is 1. The molecule has 10 heteroatoms. The molecule has 0 aliphatic rings. The lowest BCUT2D eigenvalue weighted by Crippen LogP contribution is -2.16. The molecule has 0 unspecified atom stereocenters. The van der Waals surface area contributed by atoms with Gasteiger partial charge in [-0.3, -0.25) is 4.72 Å². The van der Waals surface area contributed by atoms with Crippen molar-refractivity contribution < 1.29 is 12.8 Å². The van der Waals surface area contributed by atoms with Crippen LogP contribution in [0, 0.1) is 12.7 Å². The predicted molar refractivity (Wildman–Crippen MR) is 78.4 cm³/mol. The summed E-state index contributed by atoms with van der Waals surface area (Å²) in [5.41, 5.74) is 5.93. The van der Waals surface area contributed by atoms with Gasteiger partial charge in [0.1, 0.15) is 22.7 Å². The molecule has 2 rings (SSSR count). The van der Waals surface area contributed by atoms with Crippen LogP contribution in [0.4, 0.5) is 15.8 Å². The number of aryl methyl sites for hydroxylation is 1. The molecule has 1 aromatic heterocycles. The molecule has 112 valence electrons. The summed E-state index contributed by atoms with van der Waals surface area (Å²) in [6.45, 7) is 1.56. The van der Waals surface area contributed by atoms with Crippen LogP contribution in [0.15, 0.2) is 23.4 Å². The first-order valence-electron chi connectivity index (χ1n) is 5.47. The van der Waals surface area contributed by atoms with Crippen LogP contribution in [0.1, 0.15) is 5.56 Å². The Morgan fingerprint density at radius 2 is 1.81 bits per heavy atom. The van der Waals surface area contributed by atoms with Crippen LogP contribution in [-0.4, -0.2) is 18.4 Å². The number of benzene rings is 1. The van der Waals surface area contributed by atoms with Crippen molar-refractivity contribution in [3.63, 3.8) is 0 Å². The van der Waals surface area contributed by atoms with Gasteiger partial charge in [-0.05, 0) is 24.6 Å². The number of nitrogens with two attached hydrogens (primary N) is 1. The average Bonchev–Trinajstić information content (AvgIpc) is 2.38. The van der Waals surface area contributed by atoms with Gasteiger partial charge in [0.15, 0.2) is 10.3 Å². The van der Waals surface area contributed by atoms with Crippen LogP contribution in [0.2, 0.25) is 10.3 Å². The normalized spacial score (nSPS) is 11.4. The lowest BCUT2D eigenvalue weighted by molar-refractivity contribution is 0.570. The zero-order valence-electron chi connectivity index (χ0n) is 10.6. The van der Waals surface area contributed by atoms with Crippen LogP contribution < -0.4 is 10.5 Å². The Morgan fingerprint density at radius 1 is 1.24 bits per heavy atom. The molecule has 1 aromatic carbocycles. The Kier molecular flexibility index (Phi) is 4.22. The molecular formula is C11H9Cl2FN4O2S. The number of nitrogen functional groups attached to an aromatic ring is 1. The maximum absolute atomic E-state index is 13.9. The molecule has 2 aromatic rings. The van der Waals surface area contributed by atoms with E-state index in [1.165, 1.54) is 0 Å². The highest BCUT2D eigenvalue weighted by Gasteiger charge is 2.23. The van der Waals surface area contributed by atoms with Gasteiger partial charge in [-0.15, -0.1) is 0 Å². The van der Waals surface area contributed by atoms with Crippen LogP contribution in [-0.2, 0) is 10.0 Å². The fourth-order valence-corrected chi connectivity index (χ4v) is 3.18. The molecule has 0 saturated heterocycles. The van der Waals surface area contributed by atoms with Crippen molar-refractivity contribution >= 4 is 44.6 Å². The Labute approximate surface area is 130 Å². The molecule has 21 heavy (non-hydrogen) atoms. The number of nitrogens with one attached hydrogen (secondary N) is 1. The second-order valence-electron chi connectivity index (χ2n) is 4.08. The quantitative estimate of drug-likeness (QED) is 0.654. The molecular weight excluding hydrogens is 342 g/mol. The molecule has 0 aliphatic carbocycles. The molecule has 0 bridgehead atoms. The largest absolute Gasteiger partial charge is 0.398 e. The van der Waals surface area contributed by atoms with Crippen LogP contribution >= 0.6 is 23.2 Å². The van der Waals surface area contributed by atoms with Gasteiger partial charge in [0.05, 0.1) is 0 Å². The summed E-state index contributed by atoms with van der Waals surface area (Å²) in [4.78, 5) is 6.57. The van der Waals surface area contributed by atoms with Crippen molar-refractivity contribution in [1.29, 1.82) is 0 Å². The number of aromatic nitrogens is 2. The van der Waals surface area contributed by atoms with E-state index in [2.05, 4.69) is 9.97 Å². The van der Waals surface area contributed by atoms with Crippen LogP contribution in [0.5, 0.6) is 0 Å². The molecule has 0 saturated carbocycles. The molecule has 0 atom stereocenters. The molecule has 0 spiro atoms. The van der Waals surface area contributed by atoms with E-state index in [1.54, 1.807) is 6.92 Å². The molecule has 3 N–H and O–H groups in total. The van der Waals surface area contributed by atoms with Crippen molar-refractivity contribution in [3.05, 3.63) is 40.1 Å². The predicted octanol–water partition coefficient (Wildman–Crippen LogP) is 2.61. The van der Waals surface area contributed by atoms with E-state index in [4.69, 9.17) is 28.9 Å². The van der Waals surface area contributed by atoms with Crippen molar-refractivity contribution in [2.75, 3.05) is 10.5 Å². The summed E-state index contributed by atoms with van der Waals surface area (Å²) in [6, 6.07) is 2.03. The summed E-state index contributed by atoms with van der Waals surface area (Å²) < 4.78 is 40.3. The zero-order chi connectivity index (χ0) is 15.8. The minimum Gasteiger partial charge on any atom is -0.398 e. The maximum Gasteiger partial charge on any atom is 0.265 e. The standard InChI is InChI=1S/C11H9Cl2FN4O2S/c1-5-2-6(14)8(3-7(5)15)21(19,20)18-9-10(12)16-4-17-11(9)13/h2-4,18H,15H2,1H3. The van der Waals surface area contributed by atoms with Gasteiger partial charge in [0.25, 0.3) is 10.0 Å². The smallest absolute Gasteiger partial charge is 0.265 e. The number of rotatable bonds is 3. The van der Waals surface area contributed by atoms with E-state index < -0.39 is 20.7 Å². The molecule has 6 nitrogen and oxygen atoms in total. The summed E-state index contributed by atoms with van der Waals surface area (Å²) in [7, 11) is -4.28. The van der Waals surface area contributed by atoms with Crippen molar-refractivity contribution in [2.24, 2.45) is 0 Å². The molecule has 0 aliphatic heterocycles. The molecule has 0 fully saturated rings. The fraction of sp³-hybridized carbons (Fsp3) is 0.0909. The summed E-state index contributed by atoms with van der Waals surface area (Å²) in [5, 5.41) is -0.418. The van der Waals surface area contributed by atoms with Crippen LogP contribution in [0.3, 0.4) is 0 Å². The highest BCUT2D eigenvalue weighted by molar-refractivity contribution is 7.92. The van der Waals surface area contributed by atoms with E-state index in [0.717, 1.165) is 18.5 Å². The van der Waals surface area contributed by atoms with Gasteiger partial charge in [0.2, 0.25) is 0 Å². The van der Waals surface area contributed by atoms with Gasteiger partial charge in [-0.2, -0.15) is 0 Å². The number of hydrogen-bond acceptors (Lipinski definition) is 5. The van der Waals surface area contributed by atoms with E-state index in [1.807, 2.05) is 4.72 Å². The monoisotopic (exact) mass is 350 g/mol. The minimum absolute atomic E-state index is 0.137. The van der Waals surface area contributed by atoms with Gasteiger partial charge >= 0.3 is 0 Å². The number of nitrogens with zero attached hydrogens (tertiary/aromatic N) is 2.